The topological polar surface area (TPSA) is 34.3 Å². The van der Waals surface area contributed by atoms with Gasteiger partial charge in [0.1, 0.15) is 0 Å². The normalized spacial score (nSPS) is 10.1. The maximum atomic E-state index is 8.51. The Labute approximate surface area is 214 Å². The summed E-state index contributed by atoms with van der Waals surface area (Å²) in [6, 6.07) is 0. The van der Waals surface area contributed by atoms with Crippen LogP contribution in [0.25, 0.3) is 5.32 Å². The van der Waals surface area contributed by atoms with Gasteiger partial charge in [-0.2, -0.15) is 0 Å². The first-order valence-corrected chi connectivity index (χ1v) is 17.7. The van der Waals surface area contributed by atoms with Gasteiger partial charge in [-0.1, -0.05) is 143 Å². The fraction of sp³-hybridized carbons (Fsp3) is 1.00. The van der Waals surface area contributed by atoms with Crippen LogP contribution >= 0.6 is 18.6 Å². The van der Waals surface area contributed by atoms with E-state index < -0.39 is 17.0 Å². The summed E-state index contributed by atoms with van der Waals surface area (Å²) < 4.78 is 0. The molecule has 5 heteroatoms. The molecule has 0 amide bonds. The van der Waals surface area contributed by atoms with Crippen molar-refractivity contribution in [2.24, 2.45) is 0 Å². The molecule has 0 fully saturated rings. The Balaban J connectivity index is -0.000000480. The van der Waals surface area contributed by atoms with Crippen molar-refractivity contribution in [3.8, 4) is 0 Å². The third kappa shape index (κ3) is 49.4. The zero-order valence-corrected chi connectivity index (χ0v) is 24.5. The zero-order valence-electron chi connectivity index (χ0n) is 21.4. The van der Waals surface area contributed by atoms with Crippen molar-refractivity contribution in [3.63, 3.8) is 0 Å². The van der Waals surface area contributed by atoms with Crippen molar-refractivity contribution >= 4 is 18.6 Å². The van der Waals surface area contributed by atoms with Crippen molar-refractivity contribution in [2.75, 3.05) is 19.7 Å². The molecule has 0 bridgehead atoms. The summed E-state index contributed by atoms with van der Waals surface area (Å²) in [5.41, 5.74) is 0. The summed E-state index contributed by atoms with van der Waals surface area (Å²) in [5.74, 6) is 0. The molecule has 1 N–H and O–H groups in total. The molecule has 31 heavy (non-hydrogen) atoms. The molecule has 0 atom stereocenters. The van der Waals surface area contributed by atoms with Crippen molar-refractivity contribution in [1.82, 2.24) is 0 Å². The van der Waals surface area contributed by atoms with Crippen LogP contribution < -0.4 is 0 Å². The number of rotatable bonds is 22. The van der Waals surface area contributed by atoms with Gasteiger partial charge < -0.3 is 10.4 Å². The third-order valence-corrected chi connectivity index (χ3v) is 5.35. The Kier molecular flexibility index (Phi) is 49.2. The van der Waals surface area contributed by atoms with E-state index in [9.17, 15) is 0 Å². The van der Waals surface area contributed by atoms with Gasteiger partial charge in [0.2, 0.25) is 0 Å². The van der Waals surface area contributed by atoms with Crippen molar-refractivity contribution in [3.05, 3.63) is 5.32 Å². The second-order valence-electron chi connectivity index (χ2n) is 8.48. The van der Waals surface area contributed by atoms with Crippen LogP contribution in [0.1, 0.15) is 149 Å². The molecule has 0 aliphatic heterocycles. The van der Waals surface area contributed by atoms with Gasteiger partial charge in [0.25, 0.3) is 0 Å². The summed E-state index contributed by atoms with van der Waals surface area (Å²) in [4.78, 5) is 0. The van der Waals surface area contributed by atoms with Crippen LogP contribution in [0, 0.1) is 0 Å². The molecule has 0 aromatic heterocycles. The first-order chi connectivity index (χ1) is 15.2. The van der Waals surface area contributed by atoms with Crippen LogP contribution in [0.2, 0.25) is 0 Å². The summed E-state index contributed by atoms with van der Waals surface area (Å²) >= 11 is -0.556. The van der Waals surface area contributed by atoms with Crippen LogP contribution in [-0.2, 0) is 17.0 Å². The molecule has 0 radical (unpaired) electrons. The zero-order chi connectivity index (χ0) is 23.7. The monoisotopic (exact) mass is 516 g/mol. The van der Waals surface area contributed by atoms with E-state index in [0.717, 1.165) is 19.5 Å². The minimum absolute atomic E-state index is 0.370. The summed E-state index contributed by atoms with van der Waals surface area (Å²) in [6.45, 7) is 9.38. The average molecular weight is 518 g/mol. The molecule has 0 spiro atoms. The minimum atomic E-state index is -0.556. The Morgan fingerprint density at radius 2 is 0.742 bits per heavy atom. The number of unbranched alkanes of at least 4 members (excludes halogenated alkanes) is 17. The Morgan fingerprint density at radius 3 is 1.03 bits per heavy atom. The van der Waals surface area contributed by atoms with Gasteiger partial charge in [-0.25, -0.2) is 0 Å². The number of hydrogen-bond acceptors (Lipinski definition) is 1. The molecule has 0 saturated carbocycles. The van der Waals surface area contributed by atoms with E-state index in [-0.39, 0.29) is 0 Å². The Bertz CT molecular complexity index is 240. The van der Waals surface area contributed by atoms with Gasteiger partial charge >= 0.3 is 35.6 Å². The van der Waals surface area contributed by atoms with Gasteiger partial charge in [0.05, 0.1) is 0 Å². The number of aliphatic hydroxyl groups excluding tert-OH is 1. The molecule has 190 valence electrons. The van der Waals surface area contributed by atoms with Crippen molar-refractivity contribution in [2.45, 2.75) is 149 Å². The van der Waals surface area contributed by atoms with Crippen LogP contribution in [-0.4, -0.2) is 24.8 Å². The maximum absolute atomic E-state index is 8.51. The quantitative estimate of drug-likeness (QED) is 0.112. The van der Waals surface area contributed by atoms with E-state index in [0.29, 0.717) is 6.61 Å². The van der Waals surface area contributed by atoms with Crippen molar-refractivity contribution in [1.29, 1.82) is 0 Å². The van der Waals surface area contributed by atoms with E-state index in [2.05, 4.69) is 26.1 Å². The van der Waals surface area contributed by atoms with E-state index in [1.807, 2.05) is 0 Å². The fourth-order valence-corrected chi connectivity index (χ4v) is 3.37. The molecule has 0 unspecified atom stereocenters. The summed E-state index contributed by atoms with van der Waals surface area (Å²) in [6.07, 6.45) is 27.0. The number of aliphatic hydroxyl groups is 1. The molecule has 0 aliphatic carbocycles. The molecule has 0 rings (SSSR count). The first kappa shape index (κ1) is 36.8. The predicted octanol–water partition coefficient (Wildman–Crippen LogP) is 10.6. The fourth-order valence-electron chi connectivity index (χ4n) is 3.37. The van der Waals surface area contributed by atoms with E-state index in [1.54, 1.807) is 0 Å². The molecule has 0 aromatic rings. The van der Waals surface area contributed by atoms with Crippen LogP contribution in [0.5, 0.6) is 0 Å². The van der Waals surface area contributed by atoms with Crippen LogP contribution in [0.4, 0.5) is 0 Å². The van der Waals surface area contributed by atoms with Crippen LogP contribution in [0.3, 0.4) is 0 Å². The van der Waals surface area contributed by atoms with E-state index in [4.69, 9.17) is 23.7 Å². The number of nitrogens with zero attached hydrogens (tertiary/aromatic N) is 1. The first-order valence-electron chi connectivity index (χ1n) is 13.4. The van der Waals surface area contributed by atoms with Gasteiger partial charge in [-0.3, -0.25) is 0 Å². The standard InChI is InChI=1S/C16H34N.C10H22O.2ClH.Ti/c1-3-5-7-9-11-13-15-17-16-14-12-10-8-6-4-2;1-2-3-4-5-6-7-8-9-10-11;;;/h3-16H2,1-2H3;11H,2-10H2,1H3;2*1H;/q-1;;;;+2/p-2. The summed E-state index contributed by atoms with van der Waals surface area (Å²) in [7, 11) is 9.78. The molecule has 0 aliphatic rings. The third-order valence-electron chi connectivity index (χ3n) is 5.35. The second-order valence-corrected chi connectivity index (χ2v) is 11.1. The van der Waals surface area contributed by atoms with Crippen molar-refractivity contribution < 1.29 is 22.1 Å². The molecule has 0 saturated heterocycles. The van der Waals surface area contributed by atoms with Gasteiger partial charge in [0, 0.05) is 6.61 Å². The number of halogens is 2. The van der Waals surface area contributed by atoms with Gasteiger partial charge in [-0.05, 0) is 6.42 Å². The SMILES string of the molecule is CCCCCCCCCCO.CCCCCCCC[N-]CCCCCCCC.[Cl][Ti][Cl]. The summed E-state index contributed by atoms with van der Waals surface area (Å²) in [5, 5.41) is 13.1. The number of hydrogen-bond donors (Lipinski definition) is 1. The average Bonchev–Trinajstić information content (AvgIpc) is 2.77. The molecular formula is C26H56Cl2NOTi-. The van der Waals surface area contributed by atoms with Gasteiger partial charge in [-0.15, -0.1) is 13.1 Å². The van der Waals surface area contributed by atoms with Gasteiger partial charge in [0.15, 0.2) is 0 Å². The molecule has 0 aromatic carbocycles. The molecule has 2 nitrogen and oxygen atoms in total. The van der Waals surface area contributed by atoms with Crippen LogP contribution in [0.15, 0.2) is 0 Å². The predicted molar refractivity (Wildman–Crippen MR) is 141 cm³/mol. The van der Waals surface area contributed by atoms with E-state index in [1.165, 1.54) is 122 Å². The second kappa shape index (κ2) is 41.5. The molecular weight excluding hydrogens is 461 g/mol. The van der Waals surface area contributed by atoms with E-state index >= 15 is 0 Å². The Hall–Kier alpha value is 1.21. The molecule has 0 heterocycles. The Morgan fingerprint density at radius 1 is 0.484 bits per heavy atom.